The number of amides is 1. The highest BCUT2D eigenvalue weighted by molar-refractivity contribution is 7.82. The zero-order valence-electron chi connectivity index (χ0n) is 6.69. The first-order valence-electron chi connectivity index (χ1n) is 3.42. The second-order valence-corrected chi connectivity index (χ2v) is 3.36. The topological polar surface area (TPSA) is 98.2 Å². The van der Waals surface area contributed by atoms with Gasteiger partial charge in [0.2, 0.25) is 0 Å². The quantitative estimate of drug-likeness (QED) is 0.333. The number of nitrogen functional groups attached to an aromatic ring is 1. The molecule has 13 heavy (non-hydrogen) atoms. The van der Waals surface area contributed by atoms with Crippen molar-refractivity contribution in [2.45, 2.75) is 4.90 Å². The molecule has 70 valence electrons. The van der Waals surface area contributed by atoms with Crippen LogP contribution in [0.4, 0.5) is 0 Å². The maximum absolute atomic E-state index is 11.0. The molecule has 1 amide bonds. The van der Waals surface area contributed by atoms with E-state index in [1.807, 2.05) is 5.43 Å². The Labute approximate surface area is 77.7 Å². The van der Waals surface area contributed by atoms with Crippen LogP contribution in [0.3, 0.4) is 0 Å². The summed E-state index contributed by atoms with van der Waals surface area (Å²) in [6.07, 6.45) is 0. The highest BCUT2D eigenvalue weighted by Gasteiger charge is 2.03. The molecule has 6 heteroatoms. The third-order valence-electron chi connectivity index (χ3n) is 1.48. The summed E-state index contributed by atoms with van der Waals surface area (Å²) in [6.45, 7) is 0. The molecule has 0 heterocycles. The molecule has 0 aliphatic rings. The largest absolute Gasteiger partial charge is 0.290 e. The lowest BCUT2D eigenvalue weighted by molar-refractivity contribution is 0.0953. The van der Waals surface area contributed by atoms with Crippen molar-refractivity contribution in [2.75, 3.05) is 0 Å². The van der Waals surface area contributed by atoms with E-state index in [-0.39, 0.29) is 0 Å². The summed E-state index contributed by atoms with van der Waals surface area (Å²) in [7, 11) is -1.52. The van der Waals surface area contributed by atoms with Crippen molar-refractivity contribution in [2.24, 2.45) is 11.0 Å². The maximum atomic E-state index is 11.0. The standard InChI is InChI=1S/C7H9N3O2S/c8-10-7(11)5-1-3-6(4-2-5)13(9)12/h1-4H,8-9H2,(H,10,11). The Bertz CT molecular complexity index is 336. The lowest BCUT2D eigenvalue weighted by Crippen LogP contribution is -2.29. The lowest BCUT2D eigenvalue weighted by atomic mass is 10.2. The highest BCUT2D eigenvalue weighted by atomic mass is 32.2. The molecular formula is C7H9N3O2S. The molecule has 0 spiro atoms. The van der Waals surface area contributed by atoms with Gasteiger partial charge < -0.3 is 0 Å². The number of hydrazine groups is 1. The van der Waals surface area contributed by atoms with Gasteiger partial charge in [-0.3, -0.25) is 10.2 Å². The van der Waals surface area contributed by atoms with Crippen LogP contribution < -0.4 is 16.4 Å². The van der Waals surface area contributed by atoms with E-state index < -0.39 is 16.9 Å². The van der Waals surface area contributed by atoms with Crippen LogP contribution in [0.25, 0.3) is 0 Å². The average Bonchev–Trinajstić information content (AvgIpc) is 2.17. The number of hydrogen-bond acceptors (Lipinski definition) is 3. The molecule has 5 N–H and O–H groups in total. The molecular weight excluding hydrogens is 190 g/mol. The van der Waals surface area contributed by atoms with Gasteiger partial charge in [-0.05, 0) is 24.3 Å². The second kappa shape index (κ2) is 4.13. The third kappa shape index (κ3) is 2.35. The number of carbonyl (C=O) groups is 1. The minimum Gasteiger partial charge on any atom is -0.290 e. The lowest BCUT2D eigenvalue weighted by Gasteiger charge is -1.99. The van der Waals surface area contributed by atoms with E-state index >= 15 is 0 Å². The first-order chi connectivity index (χ1) is 6.15. The molecule has 1 unspecified atom stereocenters. The predicted molar refractivity (Wildman–Crippen MR) is 48.7 cm³/mol. The number of benzene rings is 1. The molecule has 0 saturated carbocycles. The van der Waals surface area contributed by atoms with Crippen molar-refractivity contribution >= 4 is 16.9 Å². The first kappa shape index (κ1) is 9.85. The first-order valence-corrected chi connectivity index (χ1v) is 4.63. The number of carbonyl (C=O) groups excluding carboxylic acids is 1. The molecule has 0 aliphatic heterocycles. The van der Waals surface area contributed by atoms with Gasteiger partial charge in [-0.25, -0.2) is 15.2 Å². The fourth-order valence-electron chi connectivity index (χ4n) is 0.824. The molecule has 1 aromatic rings. The van der Waals surface area contributed by atoms with E-state index in [2.05, 4.69) is 0 Å². The van der Waals surface area contributed by atoms with Crippen LogP contribution >= 0.6 is 0 Å². The van der Waals surface area contributed by atoms with Crippen molar-refractivity contribution in [3.05, 3.63) is 29.8 Å². The van der Waals surface area contributed by atoms with Crippen LogP contribution in [-0.2, 0) is 11.0 Å². The summed E-state index contributed by atoms with van der Waals surface area (Å²) >= 11 is 0. The van der Waals surface area contributed by atoms with E-state index in [9.17, 15) is 9.00 Å². The SMILES string of the molecule is NNC(=O)c1ccc(S(N)=O)cc1. The smallest absolute Gasteiger partial charge is 0.265 e. The summed E-state index contributed by atoms with van der Waals surface area (Å²) in [4.78, 5) is 11.4. The van der Waals surface area contributed by atoms with E-state index in [4.69, 9.17) is 11.0 Å². The fourth-order valence-corrected chi connectivity index (χ4v) is 1.23. The van der Waals surface area contributed by atoms with E-state index in [1.165, 1.54) is 24.3 Å². The summed E-state index contributed by atoms with van der Waals surface area (Å²) in [5.41, 5.74) is 2.38. The zero-order chi connectivity index (χ0) is 9.84. The number of nitrogens with one attached hydrogen (secondary N) is 1. The molecule has 1 atom stereocenters. The van der Waals surface area contributed by atoms with Gasteiger partial charge in [-0.2, -0.15) is 0 Å². The van der Waals surface area contributed by atoms with Gasteiger partial charge in [0.25, 0.3) is 5.91 Å². The Hall–Kier alpha value is -1.24. The van der Waals surface area contributed by atoms with Gasteiger partial charge in [-0.15, -0.1) is 0 Å². The van der Waals surface area contributed by atoms with Gasteiger partial charge in [0.15, 0.2) is 0 Å². The van der Waals surface area contributed by atoms with Crippen molar-refractivity contribution in [3.63, 3.8) is 0 Å². The fraction of sp³-hybridized carbons (Fsp3) is 0. The second-order valence-electron chi connectivity index (χ2n) is 2.30. The summed E-state index contributed by atoms with van der Waals surface area (Å²) in [5.74, 6) is 4.52. The van der Waals surface area contributed by atoms with Gasteiger partial charge >= 0.3 is 0 Å². The molecule has 5 nitrogen and oxygen atoms in total. The van der Waals surface area contributed by atoms with Crippen LogP contribution in [0.2, 0.25) is 0 Å². The van der Waals surface area contributed by atoms with Gasteiger partial charge in [-0.1, -0.05) is 0 Å². The number of hydrogen-bond donors (Lipinski definition) is 3. The van der Waals surface area contributed by atoms with E-state index in [0.29, 0.717) is 10.5 Å². The minimum absolute atomic E-state index is 0.394. The Kier molecular flexibility index (Phi) is 3.13. The van der Waals surface area contributed by atoms with Crippen LogP contribution in [-0.4, -0.2) is 10.1 Å². The van der Waals surface area contributed by atoms with E-state index in [0.717, 1.165) is 0 Å². The Morgan fingerprint density at radius 2 is 1.85 bits per heavy atom. The molecule has 0 radical (unpaired) electrons. The Balaban J connectivity index is 2.93. The van der Waals surface area contributed by atoms with Gasteiger partial charge in [0.1, 0.15) is 11.0 Å². The van der Waals surface area contributed by atoms with Crippen LogP contribution in [0.5, 0.6) is 0 Å². The van der Waals surface area contributed by atoms with Crippen molar-refractivity contribution < 1.29 is 9.00 Å². The molecule has 0 aliphatic carbocycles. The van der Waals surface area contributed by atoms with Crippen molar-refractivity contribution in [1.82, 2.24) is 5.43 Å². The normalized spacial score (nSPS) is 12.2. The third-order valence-corrected chi connectivity index (χ3v) is 2.22. The Morgan fingerprint density at radius 3 is 2.23 bits per heavy atom. The minimum atomic E-state index is -1.52. The molecule has 0 fully saturated rings. The summed E-state index contributed by atoms with van der Waals surface area (Å²) in [5, 5.41) is 5.12. The summed E-state index contributed by atoms with van der Waals surface area (Å²) < 4.78 is 10.8. The van der Waals surface area contributed by atoms with E-state index in [1.54, 1.807) is 0 Å². The van der Waals surface area contributed by atoms with Crippen LogP contribution in [0.15, 0.2) is 29.2 Å². The van der Waals surface area contributed by atoms with Gasteiger partial charge in [0.05, 0.1) is 4.90 Å². The molecule has 0 aromatic heterocycles. The van der Waals surface area contributed by atoms with Crippen molar-refractivity contribution in [3.8, 4) is 0 Å². The number of nitrogens with two attached hydrogens (primary N) is 2. The van der Waals surface area contributed by atoms with Crippen LogP contribution in [0, 0.1) is 0 Å². The Morgan fingerprint density at radius 1 is 1.31 bits per heavy atom. The summed E-state index contributed by atoms with van der Waals surface area (Å²) in [6, 6.07) is 6.03. The highest BCUT2D eigenvalue weighted by Crippen LogP contribution is 2.05. The molecule has 1 rings (SSSR count). The average molecular weight is 199 g/mol. The molecule has 0 saturated heterocycles. The predicted octanol–water partition coefficient (Wildman–Crippen LogP) is -0.729. The monoisotopic (exact) mass is 199 g/mol. The molecule has 1 aromatic carbocycles. The van der Waals surface area contributed by atoms with Gasteiger partial charge in [0, 0.05) is 5.56 Å². The van der Waals surface area contributed by atoms with Crippen LogP contribution in [0.1, 0.15) is 10.4 Å². The number of rotatable bonds is 2. The molecule has 0 bridgehead atoms. The van der Waals surface area contributed by atoms with Crippen molar-refractivity contribution in [1.29, 1.82) is 0 Å². The maximum Gasteiger partial charge on any atom is 0.265 e. The zero-order valence-corrected chi connectivity index (χ0v) is 7.51.